The highest BCUT2D eigenvalue weighted by Gasteiger charge is 2.26. The third-order valence-electron chi connectivity index (χ3n) is 2.76. The molecule has 1 unspecified atom stereocenters. The Kier molecular flexibility index (Phi) is 6.43. The molecule has 1 fully saturated rings. The lowest BCUT2D eigenvalue weighted by Gasteiger charge is -2.32. The van der Waals surface area contributed by atoms with Crippen molar-refractivity contribution in [3.05, 3.63) is 0 Å². The molecule has 0 aromatic carbocycles. The van der Waals surface area contributed by atoms with Crippen LogP contribution in [0.15, 0.2) is 0 Å². The fourth-order valence-electron chi connectivity index (χ4n) is 1.59. The van der Waals surface area contributed by atoms with Crippen molar-refractivity contribution in [1.82, 2.24) is 10.2 Å². The fourth-order valence-corrected chi connectivity index (χ4v) is 2.45. The number of sulfone groups is 1. The van der Waals surface area contributed by atoms with E-state index in [1.807, 2.05) is 6.92 Å². The van der Waals surface area contributed by atoms with E-state index < -0.39 is 15.1 Å². The molecule has 0 saturated carbocycles. The summed E-state index contributed by atoms with van der Waals surface area (Å²) in [4.78, 5) is 13.4. The molecule has 17 heavy (non-hydrogen) atoms. The minimum absolute atomic E-state index is 0. The van der Waals surface area contributed by atoms with Gasteiger partial charge in [0.25, 0.3) is 0 Å². The van der Waals surface area contributed by atoms with E-state index in [2.05, 4.69) is 5.32 Å². The molecule has 1 saturated heterocycles. The summed E-state index contributed by atoms with van der Waals surface area (Å²) in [6.45, 7) is 7.10. The smallest absolute Gasteiger partial charge is 0.237 e. The fraction of sp³-hybridized carbons (Fsp3) is 0.900. The molecule has 1 aliphatic heterocycles. The molecule has 102 valence electrons. The number of amides is 1. The largest absolute Gasteiger partial charge is 0.339 e. The van der Waals surface area contributed by atoms with Crippen LogP contribution in [0.25, 0.3) is 0 Å². The Hall–Kier alpha value is -0.330. The van der Waals surface area contributed by atoms with Crippen LogP contribution < -0.4 is 5.32 Å². The van der Waals surface area contributed by atoms with Crippen LogP contribution in [-0.4, -0.2) is 55.9 Å². The summed E-state index contributed by atoms with van der Waals surface area (Å²) >= 11 is 0. The van der Waals surface area contributed by atoms with Gasteiger partial charge in [-0.15, -0.1) is 12.4 Å². The number of halogens is 1. The van der Waals surface area contributed by atoms with Crippen LogP contribution in [0.4, 0.5) is 0 Å². The first kappa shape index (κ1) is 16.7. The molecule has 0 radical (unpaired) electrons. The Balaban J connectivity index is 0.00000256. The highest BCUT2D eigenvalue weighted by molar-refractivity contribution is 7.92. The predicted molar refractivity (Wildman–Crippen MR) is 70.2 cm³/mol. The summed E-state index contributed by atoms with van der Waals surface area (Å²) < 4.78 is 23.2. The Morgan fingerprint density at radius 2 is 2.06 bits per heavy atom. The van der Waals surface area contributed by atoms with Crippen molar-refractivity contribution < 1.29 is 13.2 Å². The van der Waals surface area contributed by atoms with Crippen LogP contribution >= 0.6 is 12.4 Å². The summed E-state index contributed by atoms with van der Waals surface area (Å²) in [7, 11) is -3.28. The van der Waals surface area contributed by atoms with Gasteiger partial charge in [0.2, 0.25) is 5.91 Å². The monoisotopic (exact) mass is 284 g/mol. The molecule has 5 nitrogen and oxygen atoms in total. The van der Waals surface area contributed by atoms with Gasteiger partial charge in [-0.3, -0.25) is 4.79 Å². The third-order valence-corrected chi connectivity index (χ3v) is 4.85. The second kappa shape index (κ2) is 6.56. The summed E-state index contributed by atoms with van der Waals surface area (Å²) in [5.74, 6) is -0.640. The number of piperazine rings is 1. The first-order valence-electron chi connectivity index (χ1n) is 5.55. The van der Waals surface area contributed by atoms with Gasteiger partial charge in [-0.25, -0.2) is 8.42 Å². The van der Waals surface area contributed by atoms with Gasteiger partial charge in [-0.05, 0) is 20.8 Å². The van der Waals surface area contributed by atoms with Gasteiger partial charge in [-0.2, -0.15) is 0 Å². The Labute approximate surface area is 109 Å². The third kappa shape index (κ3) is 4.81. The molecule has 1 atom stereocenters. The molecule has 0 aromatic heterocycles. The molecule has 0 aromatic rings. The zero-order chi connectivity index (χ0) is 12.3. The van der Waals surface area contributed by atoms with Crippen LogP contribution in [0.5, 0.6) is 0 Å². The number of nitrogens with one attached hydrogen (secondary N) is 1. The minimum Gasteiger partial charge on any atom is -0.339 e. The van der Waals surface area contributed by atoms with Crippen molar-refractivity contribution in [3.63, 3.8) is 0 Å². The number of rotatable bonds is 3. The van der Waals surface area contributed by atoms with Crippen LogP contribution in [0.1, 0.15) is 20.8 Å². The number of nitrogens with zero attached hydrogens (tertiary/aromatic N) is 1. The molecular formula is C10H21ClN2O3S. The molecule has 1 rings (SSSR count). The second-order valence-electron chi connectivity index (χ2n) is 4.55. The van der Waals surface area contributed by atoms with E-state index in [0.29, 0.717) is 13.1 Å². The standard InChI is InChI=1S/C10H20N2O3S.ClH/c1-8(2)16(14,15)7-10(13)12-5-4-11-9(3)6-12;/h8-9,11H,4-7H2,1-3H3;1H. The number of carbonyl (C=O) groups is 1. The van der Waals surface area contributed by atoms with E-state index >= 15 is 0 Å². The molecule has 0 bridgehead atoms. The highest BCUT2D eigenvalue weighted by atomic mass is 35.5. The van der Waals surface area contributed by atoms with Gasteiger partial charge in [0, 0.05) is 25.7 Å². The highest BCUT2D eigenvalue weighted by Crippen LogP contribution is 2.05. The summed E-state index contributed by atoms with van der Waals surface area (Å²) in [6, 6.07) is 0.236. The van der Waals surface area contributed by atoms with E-state index in [4.69, 9.17) is 0 Å². The molecule has 1 amide bonds. The van der Waals surface area contributed by atoms with Gasteiger partial charge in [0.15, 0.2) is 9.84 Å². The zero-order valence-electron chi connectivity index (χ0n) is 10.5. The maximum Gasteiger partial charge on any atom is 0.237 e. The number of carbonyl (C=O) groups excluding carboxylic acids is 1. The normalized spacial score (nSPS) is 21.2. The average Bonchev–Trinajstić information content (AvgIpc) is 2.16. The minimum atomic E-state index is -3.28. The average molecular weight is 285 g/mol. The zero-order valence-corrected chi connectivity index (χ0v) is 12.1. The Morgan fingerprint density at radius 3 is 2.53 bits per heavy atom. The predicted octanol–water partition coefficient (Wildman–Crippen LogP) is 0.0517. The number of hydrogen-bond acceptors (Lipinski definition) is 4. The maximum absolute atomic E-state index is 11.8. The maximum atomic E-state index is 11.8. The van der Waals surface area contributed by atoms with Crippen LogP contribution in [0.2, 0.25) is 0 Å². The van der Waals surface area contributed by atoms with Crippen molar-refractivity contribution in [2.75, 3.05) is 25.4 Å². The topological polar surface area (TPSA) is 66.5 Å². The van der Waals surface area contributed by atoms with Crippen LogP contribution in [0, 0.1) is 0 Å². The van der Waals surface area contributed by atoms with E-state index in [1.54, 1.807) is 18.7 Å². The van der Waals surface area contributed by atoms with Crippen molar-refractivity contribution in [2.45, 2.75) is 32.1 Å². The van der Waals surface area contributed by atoms with Crippen molar-refractivity contribution in [1.29, 1.82) is 0 Å². The van der Waals surface area contributed by atoms with Gasteiger partial charge in [0.05, 0.1) is 5.25 Å². The lowest BCUT2D eigenvalue weighted by Crippen LogP contribution is -2.52. The lowest BCUT2D eigenvalue weighted by molar-refractivity contribution is -0.129. The first-order chi connectivity index (χ1) is 7.33. The lowest BCUT2D eigenvalue weighted by atomic mass is 10.2. The van der Waals surface area contributed by atoms with Crippen molar-refractivity contribution in [2.24, 2.45) is 0 Å². The van der Waals surface area contributed by atoms with Gasteiger partial charge < -0.3 is 10.2 Å². The van der Waals surface area contributed by atoms with Crippen molar-refractivity contribution >= 4 is 28.2 Å². The van der Waals surface area contributed by atoms with Crippen LogP contribution in [-0.2, 0) is 14.6 Å². The molecule has 1 N–H and O–H groups in total. The van der Waals surface area contributed by atoms with Gasteiger partial charge in [0.1, 0.15) is 5.75 Å². The summed E-state index contributed by atoms with van der Waals surface area (Å²) in [6.07, 6.45) is 0. The Bertz CT molecular complexity index is 357. The summed E-state index contributed by atoms with van der Waals surface area (Å²) in [5, 5.41) is 2.72. The second-order valence-corrected chi connectivity index (χ2v) is 7.11. The SMILES string of the molecule is CC1CN(C(=O)CS(=O)(=O)C(C)C)CCN1.Cl. The van der Waals surface area contributed by atoms with E-state index in [9.17, 15) is 13.2 Å². The van der Waals surface area contributed by atoms with Crippen molar-refractivity contribution in [3.8, 4) is 0 Å². The molecule has 1 aliphatic rings. The van der Waals surface area contributed by atoms with E-state index in [0.717, 1.165) is 6.54 Å². The molecule has 0 aliphatic carbocycles. The summed E-state index contributed by atoms with van der Waals surface area (Å²) in [5.41, 5.74) is 0. The Morgan fingerprint density at radius 1 is 1.47 bits per heavy atom. The molecular weight excluding hydrogens is 264 g/mol. The van der Waals surface area contributed by atoms with E-state index in [-0.39, 0.29) is 30.1 Å². The van der Waals surface area contributed by atoms with Gasteiger partial charge >= 0.3 is 0 Å². The molecule has 1 heterocycles. The quantitative estimate of drug-likeness (QED) is 0.795. The van der Waals surface area contributed by atoms with Crippen LogP contribution in [0.3, 0.4) is 0 Å². The van der Waals surface area contributed by atoms with Gasteiger partial charge in [-0.1, -0.05) is 0 Å². The number of hydrogen-bond donors (Lipinski definition) is 1. The molecule has 7 heteroatoms. The first-order valence-corrected chi connectivity index (χ1v) is 7.27. The molecule has 0 spiro atoms. The van der Waals surface area contributed by atoms with E-state index in [1.165, 1.54) is 0 Å².